The molecule has 0 unspecified atom stereocenters. The van der Waals surface area contributed by atoms with Crippen LogP contribution in [0.3, 0.4) is 0 Å². The fourth-order valence-corrected chi connectivity index (χ4v) is 3.21. The van der Waals surface area contributed by atoms with Crippen molar-refractivity contribution in [3.63, 3.8) is 0 Å². The summed E-state index contributed by atoms with van der Waals surface area (Å²) in [6.07, 6.45) is -3.74. The summed E-state index contributed by atoms with van der Waals surface area (Å²) in [4.78, 5) is 15.9. The molecule has 2 aromatic heterocycles. The van der Waals surface area contributed by atoms with E-state index in [0.717, 1.165) is 10.9 Å². The van der Waals surface area contributed by atoms with Crippen molar-refractivity contribution in [2.24, 2.45) is 0 Å². The molecule has 0 aliphatic heterocycles. The Morgan fingerprint density at radius 1 is 1.26 bits per heavy atom. The van der Waals surface area contributed by atoms with Gasteiger partial charge in [-0.15, -0.1) is 11.3 Å². The molecular weight excluding hydrogens is 325 g/mol. The van der Waals surface area contributed by atoms with Gasteiger partial charge in [0.25, 0.3) is 5.56 Å². The zero-order valence-corrected chi connectivity index (χ0v) is 13.0. The molecule has 0 radical (unpaired) electrons. The minimum Gasteiger partial charge on any atom is -0.302 e. The molecule has 0 saturated carbocycles. The number of halogens is 3. The summed E-state index contributed by atoms with van der Waals surface area (Å²) in [7, 11) is 0. The molecule has 3 nitrogen and oxygen atoms in total. The third kappa shape index (κ3) is 3.01. The molecule has 0 amide bonds. The molecule has 23 heavy (non-hydrogen) atoms. The van der Waals surface area contributed by atoms with Gasteiger partial charge in [-0.1, -0.05) is 25.1 Å². The first-order chi connectivity index (χ1) is 10.9. The number of fused-ring (bicyclic) bond motifs is 1. The Hall–Kier alpha value is -2.15. The van der Waals surface area contributed by atoms with Gasteiger partial charge in [0, 0.05) is 16.8 Å². The summed E-state index contributed by atoms with van der Waals surface area (Å²) in [5.41, 5.74) is 1.63. The van der Waals surface area contributed by atoms with E-state index in [1.807, 2.05) is 19.1 Å². The van der Waals surface area contributed by atoms with Crippen LogP contribution in [0.25, 0.3) is 10.9 Å². The number of nitrogens with zero attached hydrogens (tertiary/aromatic N) is 2. The number of pyridine rings is 1. The van der Waals surface area contributed by atoms with Crippen LogP contribution in [0.2, 0.25) is 0 Å². The zero-order valence-electron chi connectivity index (χ0n) is 12.2. The van der Waals surface area contributed by atoms with Crippen LogP contribution in [0.15, 0.2) is 40.5 Å². The number of benzene rings is 1. The minimum atomic E-state index is -4.46. The van der Waals surface area contributed by atoms with Gasteiger partial charge in [0.05, 0.1) is 17.8 Å². The van der Waals surface area contributed by atoms with E-state index in [1.165, 1.54) is 9.95 Å². The topological polar surface area (TPSA) is 34.9 Å². The molecule has 3 aromatic rings. The minimum absolute atomic E-state index is 0.0237. The number of aromatic nitrogens is 2. The predicted molar refractivity (Wildman–Crippen MR) is 83.8 cm³/mol. The zero-order chi connectivity index (χ0) is 16.6. The second-order valence-electron chi connectivity index (χ2n) is 5.11. The molecule has 0 fully saturated rings. The van der Waals surface area contributed by atoms with Crippen molar-refractivity contribution in [2.75, 3.05) is 0 Å². The molecule has 0 bridgehead atoms. The first kappa shape index (κ1) is 15.7. The van der Waals surface area contributed by atoms with E-state index in [-0.39, 0.29) is 17.8 Å². The van der Waals surface area contributed by atoms with Gasteiger partial charge in [-0.3, -0.25) is 4.79 Å². The maximum Gasteiger partial charge on any atom is 0.443 e. The number of hydrogen-bond donors (Lipinski definition) is 0. The molecule has 3 rings (SSSR count). The van der Waals surface area contributed by atoms with Crippen molar-refractivity contribution in [2.45, 2.75) is 26.1 Å². The highest BCUT2D eigenvalue weighted by molar-refractivity contribution is 7.09. The fraction of sp³-hybridized carbons (Fsp3) is 0.250. The van der Waals surface area contributed by atoms with E-state index in [9.17, 15) is 18.0 Å². The first-order valence-corrected chi connectivity index (χ1v) is 7.91. The number of thiazole rings is 1. The summed E-state index contributed by atoms with van der Waals surface area (Å²) in [5.74, 6) is 0. The Kier molecular flexibility index (Phi) is 3.97. The van der Waals surface area contributed by atoms with Gasteiger partial charge < -0.3 is 4.57 Å². The van der Waals surface area contributed by atoms with Crippen molar-refractivity contribution in [3.05, 3.63) is 62.3 Å². The highest BCUT2D eigenvalue weighted by Crippen LogP contribution is 2.31. The molecule has 0 spiro atoms. The number of aryl methyl sites for hydroxylation is 1. The Morgan fingerprint density at radius 2 is 2.00 bits per heavy atom. The van der Waals surface area contributed by atoms with Crippen LogP contribution in [0, 0.1) is 0 Å². The molecule has 0 aliphatic rings. The van der Waals surface area contributed by atoms with Gasteiger partial charge in [0.15, 0.2) is 5.01 Å². The maximum atomic E-state index is 12.7. The number of hydrogen-bond acceptors (Lipinski definition) is 3. The second-order valence-corrected chi connectivity index (χ2v) is 5.96. The summed E-state index contributed by atoms with van der Waals surface area (Å²) in [5, 5.41) is 1.38. The van der Waals surface area contributed by atoms with Gasteiger partial charge in [0.2, 0.25) is 0 Å². The summed E-state index contributed by atoms with van der Waals surface area (Å²) >= 11 is 0.543. The van der Waals surface area contributed by atoms with Gasteiger partial charge in [-0.05, 0) is 18.1 Å². The highest BCUT2D eigenvalue weighted by atomic mass is 32.1. The molecule has 120 valence electrons. The molecule has 2 heterocycles. The highest BCUT2D eigenvalue weighted by Gasteiger charge is 2.34. The monoisotopic (exact) mass is 338 g/mol. The van der Waals surface area contributed by atoms with Crippen LogP contribution >= 0.6 is 11.3 Å². The SMILES string of the molecule is CCc1cc(=O)n(Cc2csc(C(F)(F)F)n2)c2ccccc12. The van der Waals surface area contributed by atoms with E-state index < -0.39 is 11.2 Å². The fourth-order valence-electron chi connectivity index (χ4n) is 2.53. The Balaban J connectivity index is 2.09. The molecule has 0 atom stereocenters. The van der Waals surface area contributed by atoms with Gasteiger partial charge in [-0.2, -0.15) is 13.2 Å². The van der Waals surface area contributed by atoms with E-state index in [0.29, 0.717) is 23.3 Å². The lowest BCUT2D eigenvalue weighted by Crippen LogP contribution is -2.21. The molecule has 0 aliphatic carbocycles. The average molecular weight is 338 g/mol. The van der Waals surface area contributed by atoms with Crippen LogP contribution in [0.4, 0.5) is 13.2 Å². The van der Waals surface area contributed by atoms with E-state index in [1.54, 1.807) is 18.2 Å². The van der Waals surface area contributed by atoms with Crippen molar-refractivity contribution < 1.29 is 13.2 Å². The first-order valence-electron chi connectivity index (χ1n) is 7.03. The molecule has 1 aromatic carbocycles. The Labute approximate surface area is 134 Å². The van der Waals surface area contributed by atoms with E-state index >= 15 is 0 Å². The van der Waals surface area contributed by atoms with Gasteiger partial charge >= 0.3 is 6.18 Å². The maximum absolute atomic E-state index is 12.7. The normalized spacial score (nSPS) is 12.0. The molecule has 0 N–H and O–H groups in total. The quantitative estimate of drug-likeness (QED) is 0.721. The molecule has 7 heteroatoms. The van der Waals surface area contributed by atoms with Crippen LogP contribution in [0.1, 0.15) is 23.2 Å². The lowest BCUT2D eigenvalue weighted by Gasteiger charge is -2.11. The average Bonchev–Trinajstić information content (AvgIpc) is 2.98. The third-order valence-corrected chi connectivity index (χ3v) is 4.54. The smallest absolute Gasteiger partial charge is 0.302 e. The summed E-state index contributed by atoms with van der Waals surface area (Å²) < 4.78 is 39.4. The van der Waals surface area contributed by atoms with Crippen molar-refractivity contribution in [1.29, 1.82) is 0 Å². The van der Waals surface area contributed by atoms with Gasteiger partial charge in [-0.25, -0.2) is 4.98 Å². The number of rotatable bonds is 3. The summed E-state index contributed by atoms with van der Waals surface area (Å²) in [6, 6.07) is 8.93. The Morgan fingerprint density at radius 3 is 2.65 bits per heavy atom. The van der Waals surface area contributed by atoms with Crippen molar-refractivity contribution >= 4 is 22.2 Å². The van der Waals surface area contributed by atoms with E-state index in [2.05, 4.69) is 4.98 Å². The molecular formula is C16H13F3N2OS. The Bertz CT molecular complexity index is 912. The van der Waals surface area contributed by atoms with Crippen LogP contribution < -0.4 is 5.56 Å². The number of para-hydroxylation sites is 1. The van der Waals surface area contributed by atoms with Crippen LogP contribution in [-0.2, 0) is 19.1 Å². The van der Waals surface area contributed by atoms with Crippen molar-refractivity contribution in [1.82, 2.24) is 9.55 Å². The summed E-state index contributed by atoms with van der Waals surface area (Å²) in [6.45, 7) is 1.98. The lowest BCUT2D eigenvalue weighted by atomic mass is 10.1. The predicted octanol–water partition coefficient (Wildman–Crippen LogP) is 4.09. The third-order valence-electron chi connectivity index (χ3n) is 3.60. The number of alkyl halides is 3. The standard InChI is InChI=1S/C16H13F3N2OS/c1-2-10-7-14(22)21(13-6-4-3-5-12(10)13)8-11-9-23-15(20-11)16(17,18)19/h3-7,9H,2,8H2,1H3. The largest absolute Gasteiger partial charge is 0.443 e. The van der Waals surface area contributed by atoms with Crippen LogP contribution in [0.5, 0.6) is 0 Å². The van der Waals surface area contributed by atoms with Crippen LogP contribution in [-0.4, -0.2) is 9.55 Å². The lowest BCUT2D eigenvalue weighted by molar-refractivity contribution is -0.137. The second kappa shape index (κ2) is 5.81. The van der Waals surface area contributed by atoms with Crippen molar-refractivity contribution in [3.8, 4) is 0 Å². The van der Waals surface area contributed by atoms with Gasteiger partial charge in [0.1, 0.15) is 0 Å². The molecule has 0 saturated heterocycles. The van der Waals surface area contributed by atoms with E-state index in [4.69, 9.17) is 0 Å².